The van der Waals surface area contributed by atoms with E-state index in [0.29, 0.717) is 22.6 Å². The number of nitrogens with zero attached hydrogens (tertiary/aromatic N) is 3. The van der Waals surface area contributed by atoms with Gasteiger partial charge in [-0.3, -0.25) is 14.9 Å². The topological polar surface area (TPSA) is 91.2 Å². The molecule has 7 nitrogen and oxygen atoms in total. The summed E-state index contributed by atoms with van der Waals surface area (Å²) in [5.41, 5.74) is 3.22. The van der Waals surface area contributed by atoms with E-state index in [2.05, 4.69) is 0 Å². The van der Waals surface area contributed by atoms with Crippen LogP contribution in [-0.4, -0.2) is 20.5 Å². The van der Waals surface area contributed by atoms with E-state index in [1.54, 1.807) is 10.8 Å². The van der Waals surface area contributed by atoms with E-state index in [1.165, 1.54) is 30.3 Å². The van der Waals surface area contributed by atoms with Crippen LogP contribution in [0.4, 0.5) is 5.69 Å². The zero-order valence-corrected chi connectivity index (χ0v) is 17.3. The summed E-state index contributed by atoms with van der Waals surface area (Å²) >= 11 is 0. The summed E-state index contributed by atoms with van der Waals surface area (Å²) in [7, 11) is 0. The number of furan rings is 1. The van der Waals surface area contributed by atoms with Crippen molar-refractivity contribution >= 4 is 28.5 Å². The van der Waals surface area contributed by atoms with Crippen LogP contribution in [0.2, 0.25) is 0 Å². The summed E-state index contributed by atoms with van der Waals surface area (Å²) in [6.45, 7) is 0. The van der Waals surface area contributed by atoms with Gasteiger partial charge < -0.3 is 4.42 Å². The number of para-hydroxylation sites is 2. The van der Waals surface area contributed by atoms with Crippen molar-refractivity contribution in [3.05, 3.63) is 118 Å². The lowest BCUT2D eigenvalue weighted by molar-refractivity contribution is -0.384. The third-order valence-corrected chi connectivity index (χ3v) is 5.20. The molecule has 5 rings (SSSR count). The first-order chi connectivity index (χ1) is 16.1. The van der Waals surface area contributed by atoms with Crippen molar-refractivity contribution in [1.29, 1.82) is 0 Å². The van der Waals surface area contributed by atoms with E-state index >= 15 is 0 Å². The monoisotopic (exact) mass is 435 g/mol. The second-order valence-corrected chi connectivity index (χ2v) is 7.36. The van der Waals surface area contributed by atoms with Crippen molar-refractivity contribution in [3.8, 4) is 17.1 Å². The molecular weight excluding hydrogens is 418 g/mol. The van der Waals surface area contributed by atoms with Gasteiger partial charge in [0, 0.05) is 34.8 Å². The molecule has 3 aromatic carbocycles. The van der Waals surface area contributed by atoms with Gasteiger partial charge in [0.15, 0.2) is 11.5 Å². The van der Waals surface area contributed by atoms with Gasteiger partial charge in [0.25, 0.3) is 5.69 Å². The van der Waals surface area contributed by atoms with E-state index in [0.717, 1.165) is 16.7 Å². The summed E-state index contributed by atoms with van der Waals surface area (Å²) in [5, 5.41) is 16.5. The Hall–Kier alpha value is -4.78. The molecule has 0 N–H and O–H groups in total. The van der Waals surface area contributed by atoms with E-state index in [1.807, 2.05) is 66.9 Å². The maximum absolute atomic E-state index is 12.7. The van der Waals surface area contributed by atoms with E-state index in [9.17, 15) is 14.9 Å². The van der Waals surface area contributed by atoms with E-state index < -0.39 is 4.92 Å². The molecule has 0 bridgehead atoms. The number of carbonyl (C=O) groups is 1. The molecule has 0 atom stereocenters. The molecule has 0 aliphatic rings. The quantitative estimate of drug-likeness (QED) is 0.139. The second kappa shape index (κ2) is 8.39. The number of rotatable bonds is 6. The van der Waals surface area contributed by atoms with Crippen LogP contribution < -0.4 is 0 Å². The van der Waals surface area contributed by atoms with Gasteiger partial charge in [-0.15, -0.1) is 0 Å². The molecule has 2 aromatic heterocycles. The number of allylic oxidation sites excluding steroid dienone is 1. The summed E-state index contributed by atoms with van der Waals surface area (Å²) in [4.78, 5) is 23.0. The standard InChI is InChI=1S/C26H17N3O4/c30-23(18-10-13-22(14-11-18)29(31)32)15-12-20-17-28(21-7-2-1-3-8-21)27-26(20)25-16-19-6-4-5-9-24(19)33-25/h1-17H. The minimum atomic E-state index is -0.498. The largest absolute Gasteiger partial charge is 0.454 e. The number of hydrogen-bond donors (Lipinski definition) is 0. The van der Waals surface area contributed by atoms with Crippen molar-refractivity contribution in [2.75, 3.05) is 0 Å². The zero-order chi connectivity index (χ0) is 22.8. The minimum Gasteiger partial charge on any atom is -0.454 e. The molecule has 7 heteroatoms. The predicted molar refractivity (Wildman–Crippen MR) is 125 cm³/mol. The van der Waals surface area contributed by atoms with Gasteiger partial charge in [0.1, 0.15) is 11.3 Å². The third-order valence-electron chi connectivity index (χ3n) is 5.20. The summed E-state index contributed by atoms with van der Waals surface area (Å²) in [6, 6.07) is 24.8. The molecule has 0 saturated heterocycles. The highest BCUT2D eigenvalue weighted by molar-refractivity contribution is 6.07. The fraction of sp³-hybridized carbons (Fsp3) is 0. The van der Waals surface area contributed by atoms with Crippen LogP contribution in [0.25, 0.3) is 34.2 Å². The number of fused-ring (bicyclic) bond motifs is 1. The normalized spacial score (nSPS) is 11.3. The van der Waals surface area contributed by atoms with Gasteiger partial charge in [-0.2, -0.15) is 5.10 Å². The Morgan fingerprint density at radius 1 is 0.970 bits per heavy atom. The Kier molecular flexibility index (Phi) is 5.12. The Morgan fingerprint density at radius 2 is 1.70 bits per heavy atom. The minimum absolute atomic E-state index is 0.0631. The highest BCUT2D eigenvalue weighted by Gasteiger charge is 2.15. The van der Waals surface area contributed by atoms with Crippen LogP contribution in [0.5, 0.6) is 0 Å². The van der Waals surface area contributed by atoms with Crippen LogP contribution in [0, 0.1) is 10.1 Å². The van der Waals surface area contributed by atoms with Crippen LogP contribution in [0.1, 0.15) is 15.9 Å². The second-order valence-electron chi connectivity index (χ2n) is 7.36. The number of nitro groups is 1. The van der Waals surface area contributed by atoms with Gasteiger partial charge in [0.05, 0.1) is 10.6 Å². The number of non-ortho nitro benzene ring substituents is 1. The van der Waals surface area contributed by atoms with Crippen molar-refractivity contribution in [2.24, 2.45) is 0 Å². The molecule has 0 fully saturated rings. The van der Waals surface area contributed by atoms with Crippen molar-refractivity contribution in [1.82, 2.24) is 9.78 Å². The first-order valence-electron chi connectivity index (χ1n) is 10.2. The molecule has 0 spiro atoms. The molecule has 0 saturated carbocycles. The fourth-order valence-corrected chi connectivity index (χ4v) is 3.52. The molecule has 0 amide bonds. The third kappa shape index (κ3) is 4.07. The Morgan fingerprint density at radius 3 is 2.42 bits per heavy atom. The number of ketones is 1. The number of nitro benzene ring substituents is 1. The highest BCUT2D eigenvalue weighted by atomic mass is 16.6. The van der Waals surface area contributed by atoms with Crippen LogP contribution in [0.3, 0.4) is 0 Å². The first-order valence-corrected chi connectivity index (χ1v) is 10.2. The lowest BCUT2D eigenvalue weighted by Crippen LogP contribution is -1.95. The first kappa shape index (κ1) is 20.1. The maximum atomic E-state index is 12.7. The lowest BCUT2D eigenvalue weighted by Gasteiger charge is -1.98. The smallest absolute Gasteiger partial charge is 0.269 e. The molecule has 5 aromatic rings. The van der Waals surface area contributed by atoms with Gasteiger partial charge in [-0.25, -0.2) is 4.68 Å². The number of hydrogen-bond acceptors (Lipinski definition) is 5. The van der Waals surface area contributed by atoms with Crippen molar-refractivity contribution in [2.45, 2.75) is 0 Å². The van der Waals surface area contributed by atoms with Gasteiger partial charge in [-0.1, -0.05) is 36.4 Å². The molecule has 2 heterocycles. The fourth-order valence-electron chi connectivity index (χ4n) is 3.52. The maximum Gasteiger partial charge on any atom is 0.269 e. The lowest BCUT2D eigenvalue weighted by atomic mass is 10.1. The molecule has 0 unspecified atom stereocenters. The zero-order valence-electron chi connectivity index (χ0n) is 17.3. The van der Waals surface area contributed by atoms with Crippen LogP contribution in [-0.2, 0) is 0 Å². The molecule has 33 heavy (non-hydrogen) atoms. The number of aromatic nitrogens is 2. The summed E-state index contributed by atoms with van der Waals surface area (Å²) in [5.74, 6) is 0.321. The van der Waals surface area contributed by atoms with Gasteiger partial charge in [-0.05, 0) is 48.6 Å². The summed E-state index contributed by atoms with van der Waals surface area (Å²) in [6.07, 6.45) is 4.94. The van der Waals surface area contributed by atoms with Crippen molar-refractivity contribution in [3.63, 3.8) is 0 Å². The molecule has 0 aliphatic carbocycles. The Bertz CT molecular complexity index is 1460. The van der Waals surface area contributed by atoms with Gasteiger partial charge >= 0.3 is 0 Å². The average molecular weight is 435 g/mol. The number of benzene rings is 3. The SMILES string of the molecule is O=C(C=Cc1cn(-c2ccccc2)nc1-c1cc2ccccc2o1)c1ccc([N+](=O)[O-])cc1. The number of carbonyl (C=O) groups excluding carboxylic acids is 1. The van der Waals surface area contributed by atoms with Crippen LogP contribution >= 0.6 is 0 Å². The Balaban J connectivity index is 1.53. The molecule has 0 radical (unpaired) electrons. The molecule has 0 aliphatic heterocycles. The highest BCUT2D eigenvalue weighted by Crippen LogP contribution is 2.30. The summed E-state index contributed by atoms with van der Waals surface area (Å²) < 4.78 is 7.75. The predicted octanol–water partition coefficient (Wildman–Crippen LogP) is 6.09. The van der Waals surface area contributed by atoms with E-state index in [4.69, 9.17) is 9.52 Å². The van der Waals surface area contributed by atoms with Crippen LogP contribution in [0.15, 0.2) is 102 Å². The average Bonchev–Trinajstić information content (AvgIpc) is 3.47. The molecular formula is C26H17N3O4. The van der Waals surface area contributed by atoms with Gasteiger partial charge in [0.2, 0.25) is 0 Å². The van der Waals surface area contributed by atoms with E-state index in [-0.39, 0.29) is 11.5 Å². The Labute approximate surface area is 188 Å². The molecule has 160 valence electrons. The van der Waals surface area contributed by atoms with Crippen molar-refractivity contribution < 1.29 is 14.1 Å².